The number of likely N-dealkylation sites (N-methyl/N-ethyl adjacent to an activating group) is 1. The maximum atomic E-state index is 12.3. The molecule has 8 nitrogen and oxygen atoms in total. The van der Waals surface area contributed by atoms with Crippen molar-refractivity contribution in [2.75, 3.05) is 18.9 Å². The molecule has 0 bridgehead atoms. The van der Waals surface area contributed by atoms with Crippen molar-refractivity contribution in [1.82, 2.24) is 25.1 Å². The second-order valence-electron chi connectivity index (χ2n) is 5.93. The predicted octanol–water partition coefficient (Wildman–Crippen LogP) is 2.85. The third-order valence-electron chi connectivity index (χ3n) is 3.79. The van der Waals surface area contributed by atoms with Gasteiger partial charge in [0.25, 0.3) is 0 Å². The number of rotatable bonds is 6. The molecule has 0 radical (unpaired) electrons. The van der Waals surface area contributed by atoms with Crippen molar-refractivity contribution in [3.8, 4) is 11.4 Å². The molecule has 0 saturated heterocycles. The first-order valence-electron chi connectivity index (χ1n) is 8.24. The standard InChI is InChI=1S/C18H16BrClN6O2/c1-25(10-16(27)21-15-5-3-2-4-14(15)20)17(28)11-26-23-18(22-24-26)12-6-8-13(19)9-7-12/h2-9H,10-11H2,1H3,(H,21,27). The quantitative estimate of drug-likeness (QED) is 0.607. The molecular weight excluding hydrogens is 448 g/mol. The van der Waals surface area contributed by atoms with Gasteiger partial charge < -0.3 is 10.2 Å². The molecule has 1 heterocycles. The highest BCUT2D eigenvalue weighted by atomic mass is 79.9. The first-order chi connectivity index (χ1) is 13.4. The molecule has 1 aromatic heterocycles. The molecule has 0 aliphatic rings. The Kier molecular flexibility index (Phi) is 6.37. The van der Waals surface area contributed by atoms with E-state index >= 15 is 0 Å². The summed E-state index contributed by atoms with van der Waals surface area (Å²) in [5, 5.41) is 15.2. The van der Waals surface area contributed by atoms with Gasteiger partial charge in [0, 0.05) is 17.1 Å². The van der Waals surface area contributed by atoms with Crippen LogP contribution in [0.2, 0.25) is 5.02 Å². The smallest absolute Gasteiger partial charge is 0.246 e. The van der Waals surface area contributed by atoms with Gasteiger partial charge in [0.15, 0.2) is 0 Å². The molecule has 3 rings (SSSR count). The molecule has 0 atom stereocenters. The Hall–Kier alpha value is -2.78. The molecule has 0 spiro atoms. The SMILES string of the molecule is CN(CC(=O)Nc1ccccc1Cl)C(=O)Cn1nnc(-c2ccc(Br)cc2)n1. The average Bonchev–Trinajstić information content (AvgIpc) is 3.12. The van der Waals surface area contributed by atoms with E-state index in [9.17, 15) is 9.59 Å². The van der Waals surface area contributed by atoms with Gasteiger partial charge in [-0.1, -0.05) is 39.7 Å². The van der Waals surface area contributed by atoms with Crippen molar-refractivity contribution in [1.29, 1.82) is 0 Å². The normalized spacial score (nSPS) is 10.5. The van der Waals surface area contributed by atoms with Gasteiger partial charge in [-0.3, -0.25) is 9.59 Å². The van der Waals surface area contributed by atoms with E-state index in [-0.39, 0.29) is 24.9 Å². The van der Waals surface area contributed by atoms with Crippen LogP contribution < -0.4 is 5.32 Å². The summed E-state index contributed by atoms with van der Waals surface area (Å²) >= 11 is 9.38. The molecule has 28 heavy (non-hydrogen) atoms. The first-order valence-corrected chi connectivity index (χ1v) is 9.41. The summed E-state index contributed by atoms with van der Waals surface area (Å²) in [5.41, 5.74) is 1.28. The van der Waals surface area contributed by atoms with Crippen LogP contribution in [0.15, 0.2) is 53.0 Å². The van der Waals surface area contributed by atoms with E-state index in [0.717, 1.165) is 10.0 Å². The number of halogens is 2. The van der Waals surface area contributed by atoms with Crippen LogP contribution in [0.3, 0.4) is 0 Å². The van der Waals surface area contributed by atoms with Gasteiger partial charge in [-0.25, -0.2) is 0 Å². The number of amides is 2. The fourth-order valence-electron chi connectivity index (χ4n) is 2.32. The molecule has 0 unspecified atom stereocenters. The molecule has 0 aliphatic heterocycles. The van der Waals surface area contributed by atoms with Gasteiger partial charge in [-0.15, -0.1) is 10.2 Å². The number of carbonyl (C=O) groups excluding carboxylic acids is 2. The summed E-state index contributed by atoms with van der Waals surface area (Å²) in [6, 6.07) is 14.3. The minimum atomic E-state index is -0.356. The summed E-state index contributed by atoms with van der Waals surface area (Å²) in [6.07, 6.45) is 0. The number of nitrogens with one attached hydrogen (secondary N) is 1. The molecule has 3 aromatic rings. The van der Waals surface area contributed by atoms with Gasteiger partial charge >= 0.3 is 0 Å². The molecule has 0 aliphatic carbocycles. The molecule has 2 aromatic carbocycles. The highest BCUT2D eigenvalue weighted by Gasteiger charge is 2.16. The van der Waals surface area contributed by atoms with E-state index in [2.05, 4.69) is 36.7 Å². The fourth-order valence-corrected chi connectivity index (χ4v) is 2.77. The maximum Gasteiger partial charge on any atom is 0.246 e. The van der Waals surface area contributed by atoms with Crippen LogP contribution in [0.5, 0.6) is 0 Å². The Balaban J connectivity index is 1.56. The number of anilines is 1. The summed E-state index contributed by atoms with van der Waals surface area (Å²) in [7, 11) is 1.53. The molecular formula is C18H16BrClN6O2. The number of aromatic nitrogens is 4. The van der Waals surface area contributed by atoms with Gasteiger partial charge in [0.2, 0.25) is 17.6 Å². The lowest BCUT2D eigenvalue weighted by molar-refractivity contribution is -0.134. The number of tetrazole rings is 1. The van der Waals surface area contributed by atoms with E-state index in [1.165, 1.54) is 16.7 Å². The molecule has 0 fully saturated rings. The van der Waals surface area contributed by atoms with Crippen LogP contribution in [0, 0.1) is 0 Å². The van der Waals surface area contributed by atoms with Gasteiger partial charge in [0.1, 0.15) is 6.54 Å². The zero-order valence-electron chi connectivity index (χ0n) is 14.8. The number of carbonyl (C=O) groups is 2. The minimum absolute atomic E-state index is 0.126. The van der Waals surface area contributed by atoms with Crippen LogP contribution in [0.25, 0.3) is 11.4 Å². The van der Waals surface area contributed by atoms with Gasteiger partial charge in [-0.2, -0.15) is 4.80 Å². The van der Waals surface area contributed by atoms with Crippen LogP contribution >= 0.6 is 27.5 Å². The third-order valence-corrected chi connectivity index (χ3v) is 4.64. The zero-order chi connectivity index (χ0) is 20.1. The first kappa shape index (κ1) is 20.0. The number of hydrogen-bond acceptors (Lipinski definition) is 5. The largest absolute Gasteiger partial charge is 0.335 e. The Morgan fingerprint density at radius 3 is 2.61 bits per heavy atom. The number of hydrogen-bond donors (Lipinski definition) is 1. The van der Waals surface area contributed by atoms with Crippen LogP contribution in [-0.2, 0) is 16.1 Å². The molecule has 144 valence electrons. The summed E-state index contributed by atoms with van der Waals surface area (Å²) < 4.78 is 0.940. The monoisotopic (exact) mass is 462 g/mol. The van der Waals surface area contributed by atoms with E-state index in [1.54, 1.807) is 24.3 Å². The summed E-state index contributed by atoms with van der Waals surface area (Å²) in [4.78, 5) is 27.0. The van der Waals surface area contributed by atoms with E-state index < -0.39 is 0 Å². The second kappa shape index (κ2) is 8.94. The average molecular weight is 464 g/mol. The Bertz CT molecular complexity index is 992. The second-order valence-corrected chi connectivity index (χ2v) is 7.25. The van der Waals surface area contributed by atoms with E-state index in [0.29, 0.717) is 16.5 Å². The van der Waals surface area contributed by atoms with Gasteiger partial charge in [0.05, 0.1) is 17.3 Å². The number of nitrogens with zero attached hydrogens (tertiary/aromatic N) is 5. The highest BCUT2D eigenvalue weighted by molar-refractivity contribution is 9.10. The number of benzene rings is 2. The van der Waals surface area contributed by atoms with Crippen LogP contribution in [-0.4, -0.2) is 50.5 Å². The fraction of sp³-hybridized carbons (Fsp3) is 0.167. The predicted molar refractivity (Wildman–Crippen MR) is 109 cm³/mol. The van der Waals surface area contributed by atoms with Crippen molar-refractivity contribution in [2.24, 2.45) is 0 Å². The maximum absolute atomic E-state index is 12.3. The summed E-state index contributed by atoms with van der Waals surface area (Å²) in [5.74, 6) is -0.264. The van der Waals surface area contributed by atoms with Gasteiger partial charge in [-0.05, 0) is 41.6 Å². The van der Waals surface area contributed by atoms with Crippen molar-refractivity contribution >= 4 is 45.0 Å². The number of para-hydroxylation sites is 1. The zero-order valence-corrected chi connectivity index (χ0v) is 17.2. The van der Waals surface area contributed by atoms with Crippen molar-refractivity contribution in [3.05, 3.63) is 58.0 Å². The third kappa shape index (κ3) is 5.14. The Labute approximate surface area is 174 Å². The van der Waals surface area contributed by atoms with Crippen LogP contribution in [0.1, 0.15) is 0 Å². The lowest BCUT2D eigenvalue weighted by Gasteiger charge is -2.16. The summed E-state index contributed by atoms with van der Waals surface area (Å²) in [6.45, 7) is -0.252. The minimum Gasteiger partial charge on any atom is -0.335 e. The van der Waals surface area contributed by atoms with Crippen molar-refractivity contribution < 1.29 is 9.59 Å². The molecule has 10 heteroatoms. The van der Waals surface area contributed by atoms with E-state index in [4.69, 9.17) is 11.6 Å². The lowest BCUT2D eigenvalue weighted by atomic mass is 10.2. The van der Waals surface area contributed by atoms with Crippen molar-refractivity contribution in [3.63, 3.8) is 0 Å². The van der Waals surface area contributed by atoms with E-state index in [1.807, 2.05) is 24.3 Å². The topological polar surface area (TPSA) is 93.0 Å². The molecule has 0 saturated carbocycles. The molecule has 2 amide bonds. The van der Waals surface area contributed by atoms with Crippen molar-refractivity contribution in [2.45, 2.75) is 6.54 Å². The van der Waals surface area contributed by atoms with Crippen LogP contribution in [0.4, 0.5) is 5.69 Å². The Morgan fingerprint density at radius 1 is 1.18 bits per heavy atom. The molecule has 1 N–H and O–H groups in total. The highest BCUT2D eigenvalue weighted by Crippen LogP contribution is 2.20. The lowest BCUT2D eigenvalue weighted by Crippen LogP contribution is -2.37. The Morgan fingerprint density at radius 2 is 1.89 bits per heavy atom.